The van der Waals surface area contributed by atoms with E-state index in [0.717, 1.165) is 30.5 Å². The number of benzene rings is 1. The molecule has 1 aliphatic rings. The van der Waals surface area contributed by atoms with Crippen LogP contribution in [-0.4, -0.2) is 51.4 Å². The van der Waals surface area contributed by atoms with E-state index >= 15 is 0 Å². The molecule has 2 N–H and O–H groups in total. The van der Waals surface area contributed by atoms with Crippen molar-refractivity contribution in [2.75, 3.05) is 13.1 Å². The fourth-order valence-electron chi connectivity index (χ4n) is 3.66. The molecule has 1 aromatic heterocycles. The van der Waals surface area contributed by atoms with E-state index in [2.05, 4.69) is 39.5 Å². The van der Waals surface area contributed by atoms with Gasteiger partial charge in [-0.05, 0) is 37.5 Å². The van der Waals surface area contributed by atoms with Gasteiger partial charge in [0, 0.05) is 30.7 Å². The van der Waals surface area contributed by atoms with Crippen LogP contribution in [0.4, 0.5) is 0 Å². The molecule has 1 unspecified atom stereocenters. The number of nitrogens with zero attached hydrogens (tertiary/aromatic N) is 3. The Morgan fingerprint density at radius 3 is 2.79 bits per heavy atom. The van der Waals surface area contributed by atoms with E-state index < -0.39 is 0 Å². The van der Waals surface area contributed by atoms with Crippen molar-refractivity contribution in [3.05, 3.63) is 23.8 Å². The number of hydrogen-bond donors (Lipinski definition) is 2. The summed E-state index contributed by atoms with van der Waals surface area (Å²) in [6.07, 6.45) is 5.96. The third-order valence-electron chi connectivity index (χ3n) is 4.89. The zero-order valence-electron chi connectivity index (χ0n) is 14.6. The quantitative estimate of drug-likeness (QED) is 0.819. The summed E-state index contributed by atoms with van der Waals surface area (Å²) >= 11 is 0. The number of amides is 1. The molecule has 1 amide bonds. The predicted octanol–water partition coefficient (Wildman–Crippen LogP) is 2.73. The average Bonchev–Trinajstić information content (AvgIpc) is 3.22. The van der Waals surface area contributed by atoms with Crippen molar-refractivity contribution in [1.82, 2.24) is 25.6 Å². The van der Waals surface area contributed by atoms with Gasteiger partial charge in [0.05, 0.1) is 0 Å². The highest BCUT2D eigenvalue weighted by Crippen LogP contribution is 2.20. The zero-order chi connectivity index (χ0) is 16.9. The number of fused-ring (bicyclic) bond motifs is 1. The van der Waals surface area contributed by atoms with Crippen molar-refractivity contribution in [3.63, 3.8) is 0 Å². The normalized spacial score (nSPS) is 18.5. The summed E-state index contributed by atoms with van der Waals surface area (Å²) in [5.74, 6) is -0.0192. The van der Waals surface area contributed by atoms with Crippen LogP contribution in [0.25, 0.3) is 11.0 Å². The maximum absolute atomic E-state index is 12.5. The van der Waals surface area contributed by atoms with Crippen LogP contribution in [0.2, 0.25) is 0 Å². The van der Waals surface area contributed by atoms with Crippen molar-refractivity contribution in [2.24, 2.45) is 0 Å². The lowest BCUT2D eigenvalue weighted by Crippen LogP contribution is -2.39. The lowest BCUT2D eigenvalue weighted by atomic mass is 10.1. The van der Waals surface area contributed by atoms with Crippen molar-refractivity contribution in [1.29, 1.82) is 0 Å². The van der Waals surface area contributed by atoms with Crippen molar-refractivity contribution in [3.8, 4) is 0 Å². The van der Waals surface area contributed by atoms with E-state index in [1.165, 1.54) is 25.7 Å². The SMILES string of the molecule is CCCC(CCC)N1CCC(NC(=O)c2ccc3n[nH]nc3c2)C1. The Labute approximate surface area is 143 Å². The van der Waals surface area contributed by atoms with Gasteiger partial charge in [-0.2, -0.15) is 15.4 Å². The molecule has 0 spiro atoms. The standard InChI is InChI=1S/C18H27N5O/c1-3-5-15(6-4-2)23-10-9-14(12-23)19-18(24)13-7-8-16-17(11-13)21-22-20-16/h7-8,11,14-15H,3-6,9-10,12H2,1-2H3,(H,19,24)(H,20,21,22). The van der Waals surface area contributed by atoms with Gasteiger partial charge in [-0.3, -0.25) is 9.69 Å². The molecule has 2 aromatic rings. The van der Waals surface area contributed by atoms with Gasteiger partial charge in [0.15, 0.2) is 0 Å². The third kappa shape index (κ3) is 3.75. The third-order valence-corrected chi connectivity index (χ3v) is 4.89. The van der Waals surface area contributed by atoms with Gasteiger partial charge < -0.3 is 5.32 Å². The number of rotatable bonds is 7. The molecule has 1 aromatic carbocycles. The van der Waals surface area contributed by atoms with Gasteiger partial charge >= 0.3 is 0 Å². The maximum atomic E-state index is 12.5. The summed E-state index contributed by atoms with van der Waals surface area (Å²) in [7, 11) is 0. The number of hydrogen-bond acceptors (Lipinski definition) is 4. The molecule has 0 bridgehead atoms. The second-order valence-electron chi connectivity index (χ2n) is 6.71. The second-order valence-corrected chi connectivity index (χ2v) is 6.71. The molecule has 3 rings (SSSR count). The molecule has 130 valence electrons. The number of carbonyl (C=O) groups is 1. The van der Waals surface area contributed by atoms with E-state index in [-0.39, 0.29) is 11.9 Å². The minimum absolute atomic E-state index is 0.0192. The predicted molar refractivity (Wildman–Crippen MR) is 94.9 cm³/mol. The van der Waals surface area contributed by atoms with Crippen LogP contribution in [0.15, 0.2) is 18.2 Å². The Hall–Kier alpha value is -1.95. The molecular formula is C18H27N5O. The smallest absolute Gasteiger partial charge is 0.251 e. The van der Waals surface area contributed by atoms with Crippen LogP contribution in [0, 0.1) is 0 Å². The lowest BCUT2D eigenvalue weighted by Gasteiger charge is -2.27. The Kier molecular flexibility index (Phi) is 5.45. The molecular weight excluding hydrogens is 302 g/mol. The Morgan fingerprint density at radius 1 is 1.29 bits per heavy atom. The largest absolute Gasteiger partial charge is 0.348 e. The first kappa shape index (κ1) is 16.9. The number of aromatic nitrogens is 3. The highest BCUT2D eigenvalue weighted by Gasteiger charge is 2.28. The minimum Gasteiger partial charge on any atom is -0.348 e. The summed E-state index contributed by atoms with van der Waals surface area (Å²) in [5, 5.41) is 13.8. The highest BCUT2D eigenvalue weighted by atomic mass is 16.1. The van der Waals surface area contributed by atoms with E-state index in [1.54, 1.807) is 6.07 Å². The molecule has 24 heavy (non-hydrogen) atoms. The van der Waals surface area contributed by atoms with Gasteiger partial charge in [-0.1, -0.05) is 26.7 Å². The van der Waals surface area contributed by atoms with Crippen LogP contribution in [0.1, 0.15) is 56.3 Å². The second kappa shape index (κ2) is 7.75. The summed E-state index contributed by atoms with van der Waals surface area (Å²) in [4.78, 5) is 15.1. The van der Waals surface area contributed by atoms with Gasteiger partial charge in [-0.25, -0.2) is 0 Å². The van der Waals surface area contributed by atoms with Crippen molar-refractivity contribution >= 4 is 16.9 Å². The monoisotopic (exact) mass is 329 g/mol. The van der Waals surface area contributed by atoms with Crippen molar-refractivity contribution in [2.45, 2.75) is 58.0 Å². The topological polar surface area (TPSA) is 73.9 Å². The Morgan fingerprint density at radius 2 is 2.04 bits per heavy atom. The fourth-order valence-corrected chi connectivity index (χ4v) is 3.66. The van der Waals surface area contributed by atoms with E-state index in [1.807, 2.05) is 12.1 Å². The maximum Gasteiger partial charge on any atom is 0.251 e. The Bertz CT molecular complexity index is 677. The average molecular weight is 329 g/mol. The molecule has 1 atom stereocenters. The van der Waals surface area contributed by atoms with Crippen LogP contribution in [0.3, 0.4) is 0 Å². The number of carbonyl (C=O) groups excluding carboxylic acids is 1. The molecule has 6 nitrogen and oxygen atoms in total. The number of H-pyrrole nitrogens is 1. The van der Waals surface area contributed by atoms with Crippen LogP contribution in [-0.2, 0) is 0 Å². The molecule has 1 saturated heterocycles. The molecule has 6 heteroatoms. The number of likely N-dealkylation sites (tertiary alicyclic amines) is 1. The summed E-state index contributed by atoms with van der Waals surface area (Å²) in [6, 6.07) is 6.32. The van der Waals surface area contributed by atoms with Crippen LogP contribution < -0.4 is 5.32 Å². The zero-order valence-corrected chi connectivity index (χ0v) is 14.6. The van der Waals surface area contributed by atoms with Gasteiger partial charge in [0.1, 0.15) is 11.0 Å². The van der Waals surface area contributed by atoms with E-state index in [9.17, 15) is 4.79 Å². The minimum atomic E-state index is -0.0192. The molecule has 0 radical (unpaired) electrons. The molecule has 1 aliphatic heterocycles. The summed E-state index contributed by atoms with van der Waals surface area (Å²) in [6.45, 7) is 6.54. The Balaban J connectivity index is 1.59. The highest BCUT2D eigenvalue weighted by molar-refractivity contribution is 5.97. The van der Waals surface area contributed by atoms with Crippen LogP contribution in [0.5, 0.6) is 0 Å². The molecule has 2 heterocycles. The van der Waals surface area contributed by atoms with Gasteiger partial charge in [0.2, 0.25) is 0 Å². The van der Waals surface area contributed by atoms with Crippen molar-refractivity contribution < 1.29 is 4.79 Å². The molecule has 0 saturated carbocycles. The van der Waals surface area contributed by atoms with E-state index in [4.69, 9.17) is 0 Å². The summed E-state index contributed by atoms with van der Waals surface area (Å²) in [5.41, 5.74) is 2.15. The summed E-state index contributed by atoms with van der Waals surface area (Å²) < 4.78 is 0. The number of nitrogens with one attached hydrogen (secondary N) is 2. The lowest BCUT2D eigenvalue weighted by molar-refractivity contribution is 0.0935. The van der Waals surface area contributed by atoms with Gasteiger partial charge in [0.25, 0.3) is 5.91 Å². The molecule has 0 aliphatic carbocycles. The molecule has 1 fully saturated rings. The first-order valence-electron chi connectivity index (χ1n) is 9.06. The van der Waals surface area contributed by atoms with Crippen LogP contribution >= 0.6 is 0 Å². The van der Waals surface area contributed by atoms with E-state index in [0.29, 0.717) is 11.6 Å². The van der Waals surface area contributed by atoms with Gasteiger partial charge in [-0.15, -0.1) is 0 Å². The fraction of sp³-hybridized carbons (Fsp3) is 0.611. The number of aromatic amines is 1. The first-order chi connectivity index (χ1) is 11.7. The first-order valence-corrected chi connectivity index (χ1v) is 9.06.